The van der Waals surface area contributed by atoms with Crippen LogP contribution in [0.3, 0.4) is 0 Å². The Bertz CT molecular complexity index is 1080. The maximum atomic E-state index is 13.4. The molecular weight excluding hydrogens is 425 g/mol. The highest BCUT2D eigenvalue weighted by Crippen LogP contribution is 2.34. The summed E-state index contributed by atoms with van der Waals surface area (Å²) in [5.74, 6) is -0.0561. The second kappa shape index (κ2) is 9.17. The molecule has 0 spiro atoms. The molecule has 1 aliphatic heterocycles. The summed E-state index contributed by atoms with van der Waals surface area (Å²) < 4.78 is 16.2. The highest BCUT2D eigenvalue weighted by atomic mass is 32.1. The molecule has 6 nitrogen and oxygen atoms in total. The van der Waals surface area contributed by atoms with Crippen molar-refractivity contribution in [3.63, 3.8) is 0 Å². The number of anilines is 1. The molecule has 1 atom stereocenters. The fourth-order valence-electron chi connectivity index (χ4n) is 4.93. The molecule has 1 saturated heterocycles. The lowest BCUT2D eigenvalue weighted by molar-refractivity contribution is -0.126. The molecule has 3 heterocycles. The predicted octanol–water partition coefficient (Wildman–Crippen LogP) is 4.98. The third-order valence-corrected chi connectivity index (χ3v) is 7.93. The average molecular weight is 456 g/mol. The van der Waals surface area contributed by atoms with E-state index in [1.54, 1.807) is 28.2 Å². The van der Waals surface area contributed by atoms with E-state index in [9.17, 15) is 9.18 Å². The van der Waals surface area contributed by atoms with Gasteiger partial charge in [-0.15, -0.1) is 0 Å². The quantitative estimate of drug-likeness (QED) is 0.563. The molecule has 2 fully saturated rings. The normalized spacial score (nSPS) is 20.4. The van der Waals surface area contributed by atoms with Crippen molar-refractivity contribution in [3.8, 4) is 5.69 Å². The van der Waals surface area contributed by atoms with Gasteiger partial charge in [-0.25, -0.2) is 9.07 Å². The van der Waals surface area contributed by atoms with Crippen molar-refractivity contribution in [1.82, 2.24) is 20.1 Å². The molecule has 0 unspecified atom stereocenters. The summed E-state index contributed by atoms with van der Waals surface area (Å²) in [5, 5.41) is 8.88. The van der Waals surface area contributed by atoms with Crippen LogP contribution in [0, 0.1) is 18.7 Å². The summed E-state index contributed by atoms with van der Waals surface area (Å²) in [6.07, 6.45) is 9.16. The largest absolute Gasteiger partial charge is 0.353 e. The van der Waals surface area contributed by atoms with Crippen LogP contribution >= 0.6 is 11.3 Å². The van der Waals surface area contributed by atoms with Gasteiger partial charge >= 0.3 is 0 Å². The van der Waals surface area contributed by atoms with Crippen LogP contribution in [-0.4, -0.2) is 39.8 Å². The van der Waals surface area contributed by atoms with Crippen molar-refractivity contribution >= 4 is 32.7 Å². The molecule has 0 bridgehead atoms. The summed E-state index contributed by atoms with van der Waals surface area (Å²) in [5.41, 5.74) is 2.49. The lowest BCUT2D eigenvalue weighted by Gasteiger charge is -2.32. The smallest absolute Gasteiger partial charge is 0.225 e. The zero-order chi connectivity index (χ0) is 22.1. The fraction of sp³-hybridized carbons (Fsp3) is 0.542. The Morgan fingerprint density at radius 1 is 1.09 bits per heavy atom. The van der Waals surface area contributed by atoms with Crippen molar-refractivity contribution in [2.45, 2.75) is 64.3 Å². The van der Waals surface area contributed by atoms with E-state index in [0.717, 1.165) is 59.1 Å². The Kier molecular flexibility index (Phi) is 6.13. The number of fused-ring (bicyclic) bond motifs is 1. The zero-order valence-electron chi connectivity index (χ0n) is 18.5. The minimum Gasteiger partial charge on any atom is -0.353 e. The summed E-state index contributed by atoms with van der Waals surface area (Å²) in [6, 6.07) is 6.65. The molecule has 8 heteroatoms. The molecule has 1 aliphatic carbocycles. The van der Waals surface area contributed by atoms with Crippen molar-refractivity contribution in [3.05, 3.63) is 35.8 Å². The van der Waals surface area contributed by atoms with E-state index in [0.29, 0.717) is 12.6 Å². The molecule has 32 heavy (non-hydrogen) atoms. The number of aryl methyl sites for hydroxylation is 1. The SMILES string of the molecule is Cc1nn(-c2ccc(F)cc2)c2nc(N3CCC[C@@H](C(=O)NC4CCCCCC4)C3)sc12. The topological polar surface area (TPSA) is 63.1 Å². The lowest BCUT2D eigenvalue weighted by Crippen LogP contribution is -2.46. The number of carbonyl (C=O) groups excluding carboxylic acids is 1. The molecule has 0 radical (unpaired) electrons. The van der Waals surface area contributed by atoms with Crippen LogP contribution in [0.2, 0.25) is 0 Å². The van der Waals surface area contributed by atoms with Crippen molar-refractivity contribution in [1.29, 1.82) is 0 Å². The molecule has 170 valence electrons. The first kappa shape index (κ1) is 21.4. The van der Waals surface area contributed by atoms with E-state index in [1.165, 1.54) is 37.8 Å². The molecule has 1 aromatic carbocycles. The Morgan fingerprint density at radius 2 is 1.84 bits per heavy atom. The number of aromatic nitrogens is 3. The molecule has 1 amide bonds. The van der Waals surface area contributed by atoms with Crippen molar-refractivity contribution in [2.75, 3.05) is 18.0 Å². The molecule has 3 aromatic rings. The number of hydrogen-bond acceptors (Lipinski definition) is 5. The predicted molar refractivity (Wildman–Crippen MR) is 126 cm³/mol. The Balaban J connectivity index is 1.33. The van der Waals surface area contributed by atoms with E-state index in [1.807, 2.05) is 6.92 Å². The van der Waals surface area contributed by atoms with Gasteiger partial charge < -0.3 is 10.2 Å². The Morgan fingerprint density at radius 3 is 2.59 bits per heavy atom. The van der Waals surface area contributed by atoms with Crippen molar-refractivity contribution < 1.29 is 9.18 Å². The minimum atomic E-state index is -0.269. The van der Waals surface area contributed by atoms with E-state index in [-0.39, 0.29) is 17.6 Å². The van der Waals surface area contributed by atoms with Crippen LogP contribution in [0.5, 0.6) is 0 Å². The first-order valence-electron chi connectivity index (χ1n) is 11.8. The van der Waals surface area contributed by atoms with Gasteiger partial charge in [0.25, 0.3) is 0 Å². The number of thiazole rings is 1. The lowest BCUT2D eigenvalue weighted by atomic mass is 9.96. The van der Waals surface area contributed by atoms with E-state index in [2.05, 4.69) is 15.3 Å². The molecular formula is C24H30FN5OS. The van der Waals surface area contributed by atoms with Gasteiger partial charge in [-0.2, -0.15) is 10.1 Å². The standard InChI is InChI=1S/C24H30FN5OS/c1-16-21-22(30(28-16)20-12-10-18(25)11-13-20)27-24(32-21)29-14-6-7-17(15-29)23(31)26-19-8-4-2-3-5-9-19/h10-13,17,19H,2-9,14-15H2,1H3,(H,26,31)/t17-/m1/s1. The van der Waals surface area contributed by atoms with Gasteiger partial charge in [0.2, 0.25) is 5.91 Å². The molecule has 1 N–H and O–H groups in total. The van der Waals surface area contributed by atoms with Crippen molar-refractivity contribution in [2.24, 2.45) is 5.92 Å². The molecule has 2 aliphatic rings. The van der Waals surface area contributed by atoms with E-state index in [4.69, 9.17) is 4.98 Å². The molecule has 2 aromatic heterocycles. The Hall–Kier alpha value is -2.48. The number of carbonyl (C=O) groups is 1. The third kappa shape index (κ3) is 4.37. The van der Waals surface area contributed by atoms with E-state index >= 15 is 0 Å². The number of nitrogens with zero attached hydrogens (tertiary/aromatic N) is 4. The van der Waals surface area contributed by atoms with Gasteiger partial charge in [0.05, 0.1) is 22.0 Å². The third-order valence-electron chi connectivity index (χ3n) is 6.71. The van der Waals surface area contributed by atoms with Gasteiger partial charge in [-0.05, 0) is 56.9 Å². The second-order valence-electron chi connectivity index (χ2n) is 9.11. The molecule has 1 saturated carbocycles. The fourth-order valence-corrected chi connectivity index (χ4v) is 5.95. The first-order valence-corrected chi connectivity index (χ1v) is 12.6. The number of benzene rings is 1. The van der Waals surface area contributed by atoms with Crippen LogP contribution in [0.1, 0.15) is 57.1 Å². The summed E-state index contributed by atoms with van der Waals surface area (Å²) in [7, 11) is 0. The average Bonchev–Trinajstić information content (AvgIpc) is 3.26. The summed E-state index contributed by atoms with van der Waals surface area (Å²) in [4.78, 5) is 20.1. The minimum absolute atomic E-state index is 0.00806. The highest BCUT2D eigenvalue weighted by molar-refractivity contribution is 7.22. The van der Waals surface area contributed by atoms with Crippen LogP contribution < -0.4 is 10.2 Å². The number of hydrogen-bond donors (Lipinski definition) is 1. The number of halogens is 1. The number of nitrogens with one attached hydrogen (secondary N) is 1. The number of piperidine rings is 1. The maximum absolute atomic E-state index is 13.4. The van der Waals surface area contributed by atoms with Crippen LogP contribution in [0.25, 0.3) is 16.0 Å². The molecule has 5 rings (SSSR count). The first-order chi connectivity index (χ1) is 15.6. The summed E-state index contributed by atoms with van der Waals surface area (Å²) in [6.45, 7) is 3.59. The number of amides is 1. The second-order valence-corrected chi connectivity index (χ2v) is 10.1. The van der Waals surface area contributed by atoms with Gasteiger partial charge in [-0.1, -0.05) is 37.0 Å². The van der Waals surface area contributed by atoms with Crippen LogP contribution in [-0.2, 0) is 4.79 Å². The van der Waals surface area contributed by atoms with Gasteiger partial charge in [-0.3, -0.25) is 4.79 Å². The van der Waals surface area contributed by atoms with Gasteiger partial charge in [0, 0.05) is 19.1 Å². The maximum Gasteiger partial charge on any atom is 0.225 e. The van der Waals surface area contributed by atoms with E-state index < -0.39 is 0 Å². The van der Waals surface area contributed by atoms with Gasteiger partial charge in [0.1, 0.15) is 5.82 Å². The van der Waals surface area contributed by atoms with Gasteiger partial charge in [0.15, 0.2) is 10.8 Å². The van der Waals surface area contributed by atoms with Crippen LogP contribution in [0.4, 0.5) is 9.52 Å². The Labute approximate surface area is 191 Å². The zero-order valence-corrected chi connectivity index (χ0v) is 19.3. The highest BCUT2D eigenvalue weighted by Gasteiger charge is 2.29. The monoisotopic (exact) mass is 455 g/mol. The number of rotatable bonds is 4. The summed E-state index contributed by atoms with van der Waals surface area (Å²) >= 11 is 1.63. The van der Waals surface area contributed by atoms with Crippen LogP contribution in [0.15, 0.2) is 24.3 Å².